The first kappa shape index (κ1) is 12.5. The highest BCUT2D eigenvalue weighted by molar-refractivity contribution is 7.99. The van der Waals surface area contributed by atoms with Crippen molar-refractivity contribution >= 4 is 11.8 Å². The zero-order valence-corrected chi connectivity index (χ0v) is 10.4. The molecule has 0 fully saturated rings. The van der Waals surface area contributed by atoms with Gasteiger partial charge in [-0.15, -0.1) is 10.2 Å². The maximum absolute atomic E-state index is 5.99. The fourth-order valence-corrected chi connectivity index (χ4v) is 1.72. The zero-order chi connectivity index (χ0) is 11.3. The number of nitrogens with two attached hydrogens (primary N) is 1. The molecule has 1 rings (SSSR count). The molecule has 0 aromatic carbocycles. The Hall–Kier alpha value is -0.550. The van der Waals surface area contributed by atoms with E-state index in [9.17, 15) is 0 Å². The molecule has 4 nitrogen and oxygen atoms in total. The molecule has 15 heavy (non-hydrogen) atoms. The molecule has 2 atom stereocenters. The van der Waals surface area contributed by atoms with E-state index < -0.39 is 0 Å². The lowest BCUT2D eigenvalue weighted by Gasteiger charge is -2.13. The van der Waals surface area contributed by atoms with Crippen LogP contribution in [-0.4, -0.2) is 16.0 Å². The number of aromatic nitrogens is 2. The summed E-state index contributed by atoms with van der Waals surface area (Å²) in [7, 11) is 0. The Morgan fingerprint density at radius 1 is 1.40 bits per heavy atom. The van der Waals surface area contributed by atoms with E-state index in [2.05, 4.69) is 31.0 Å². The Balaban J connectivity index is 2.58. The van der Waals surface area contributed by atoms with Crippen LogP contribution < -0.4 is 5.73 Å². The SMILES string of the molecule is CCCSc1nnc([C@@H](N)[C@H](C)CC)o1. The lowest BCUT2D eigenvalue weighted by Crippen LogP contribution is -2.18. The number of hydrogen-bond acceptors (Lipinski definition) is 5. The van der Waals surface area contributed by atoms with E-state index in [0.29, 0.717) is 17.0 Å². The Labute approximate surface area is 95.0 Å². The van der Waals surface area contributed by atoms with Gasteiger partial charge in [0.25, 0.3) is 5.22 Å². The molecule has 0 unspecified atom stereocenters. The standard InChI is InChI=1S/C10H19N3OS/c1-4-6-15-10-13-12-9(14-10)8(11)7(3)5-2/h7-8H,4-6,11H2,1-3H3/t7-,8+/m1/s1. The monoisotopic (exact) mass is 229 g/mol. The van der Waals surface area contributed by atoms with E-state index in [1.54, 1.807) is 11.8 Å². The molecule has 0 aliphatic carbocycles. The number of rotatable bonds is 6. The number of thioether (sulfide) groups is 1. The van der Waals surface area contributed by atoms with Crippen molar-refractivity contribution in [2.75, 3.05) is 5.75 Å². The quantitative estimate of drug-likeness (QED) is 0.760. The topological polar surface area (TPSA) is 64.9 Å². The van der Waals surface area contributed by atoms with E-state index in [1.165, 1.54) is 0 Å². The second kappa shape index (κ2) is 6.12. The predicted octanol–water partition coefficient (Wildman–Crippen LogP) is 2.62. The molecule has 2 N–H and O–H groups in total. The first-order chi connectivity index (χ1) is 7.19. The molecule has 0 saturated heterocycles. The van der Waals surface area contributed by atoms with Gasteiger partial charge in [-0.3, -0.25) is 0 Å². The van der Waals surface area contributed by atoms with Gasteiger partial charge in [0.1, 0.15) is 0 Å². The Morgan fingerprint density at radius 3 is 2.73 bits per heavy atom. The molecular weight excluding hydrogens is 210 g/mol. The van der Waals surface area contributed by atoms with Crippen LogP contribution in [0.5, 0.6) is 0 Å². The third-order valence-electron chi connectivity index (χ3n) is 2.39. The van der Waals surface area contributed by atoms with Gasteiger partial charge in [-0.25, -0.2) is 0 Å². The fraction of sp³-hybridized carbons (Fsp3) is 0.800. The first-order valence-electron chi connectivity index (χ1n) is 5.40. The first-order valence-corrected chi connectivity index (χ1v) is 6.39. The highest BCUT2D eigenvalue weighted by atomic mass is 32.2. The van der Waals surface area contributed by atoms with Crippen molar-refractivity contribution in [3.05, 3.63) is 5.89 Å². The molecule has 0 radical (unpaired) electrons. The Kier molecular flexibility index (Phi) is 5.11. The predicted molar refractivity (Wildman–Crippen MR) is 61.7 cm³/mol. The van der Waals surface area contributed by atoms with Gasteiger partial charge in [0, 0.05) is 5.75 Å². The summed E-state index contributed by atoms with van der Waals surface area (Å²) in [5.74, 6) is 1.93. The zero-order valence-electron chi connectivity index (χ0n) is 9.56. The lowest BCUT2D eigenvalue weighted by molar-refractivity contribution is 0.333. The van der Waals surface area contributed by atoms with Crippen LogP contribution in [0.15, 0.2) is 9.64 Å². The molecule has 0 aliphatic rings. The maximum Gasteiger partial charge on any atom is 0.276 e. The average molecular weight is 229 g/mol. The average Bonchev–Trinajstić information content (AvgIpc) is 2.72. The maximum atomic E-state index is 5.99. The van der Waals surface area contributed by atoms with Crippen molar-refractivity contribution in [2.24, 2.45) is 11.7 Å². The van der Waals surface area contributed by atoms with Gasteiger partial charge in [-0.05, 0) is 12.3 Å². The molecule has 86 valence electrons. The van der Waals surface area contributed by atoms with Crippen molar-refractivity contribution in [3.8, 4) is 0 Å². The van der Waals surface area contributed by atoms with Crippen LogP contribution in [0.3, 0.4) is 0 Å². The van der Waals surface area contributed by atoms with Gasteiger partial charge in [-0.2, -0.15) is 0 Å². The lowest BCUT2D eigenvalue weighted by atomic mass is 10.0. The van der Waals surface area contributed by atoms with E-state index >= 15 is 0 Å². The summed E-state index contributed by atoms with van der Waals surface area (Å²) in [5, 5.41) is 8.56. The molecule has 1 aromatic rings. The molecule has 0 bridgehead atoms. The van der Waals surface area contributed by atoms with Crippen molar-refractivity contribution < 1.29 is 4.42 Å². The third-order valence-corrected chi connectivity index (χ3v) is 3.42. The van der Waals surface area contributed by atoms with E-state index in [4.69, 9.17) is 10.2 Å². The van der Waals surface area contributed by atoms with Crippen LogP contribution in [0.1, 0.15) is 45.5 Å². The minimum atomic E-state index is -0.140. The smallest absolute Gasteiger partial charge is 0.276 e. The van der Waals surface area contributed by atoms with Crippen LogP contribution in [0.25, 0.3) is 0 Å². The van der Waals surface area contributed by atoms with Gasteiger partial charge in [0.05, 0.1) is 6.04 Å². The summed E-state index contributed by atoms with van der Waals surface area (Å²) in [4.78, 5) is 0. The Bertz CT molecular complexity index is 290. The second-order valence-electron chi connectivity index (χ2n) is 3.67. The van der Waals surface area contributed by atoms with Gasteiger partial charge in [0.2, 0.25) is 5.89 Å². The van der Waals surface area contributed by atoms with E-state index in [-0.39, 0.29) is 6.04 Å². The molecule has 0 spiro atoms. The summed E-state index contributed by atoms with van der Waals surface area (Å²) >= 11 is 1.58. The fourth-order valence-electron chi connectivity index (χ4n) is 1.10. The molecule has 0 aliphatic heterocycles. The summed E-state index contributed by atoms with van der Waals surface area (Å²) in [6.07, 6.45) is 2.11. The summed E-state index contributed by atoms with van der Waals surface area (Å²) in [5.41, 5.74) is 5.99. The highest BCUT2D eigenvalue weighted by Crippen LogP contribution is 2.24. The molecule has 0 saturated carbocycles. The van der Waals surface area contributed by atoms with Crippen LogP contribution >= 0.6 is 11.8 Å². The molecule has 1 heterocycles. The largest absolute Gasteiger partial charge is 0.414 e. The number of nitrogens with zero attached hydrogens (tertiary/aromatic N) is 2. The van der Waals surface area contributed by atoms with Gasteiger partial charge < -0.3 is 10.2 Å². The van der Waals surface area contributed by atoms with Crippen molar-refractivity contribution in [3.63, 3.8) is 0 Å². The normalized spacial score (nSPS) is 15.2. The summed E-state index contributed by atoms with van der Waals surface area (Å²) in [6.45, 7) is 6.32. The van der Waals surface area contributed by atoms with Gasteiger partial charge in [0.15, 0.2) is 0 Å². The van der Waals surface area contributed by atoms with Crippen LogP contribution in [-0.2, 0) is 0 Å². The van der Waals surface area contributed by atoms with Crippen molar-refractivity contribution in [2.45, 2.75) is 44.9 Å². The van der Waals surface area contributed by atoms with E-state index in [1.807, 2.05) is 0 Å². The molecule has 5 heteroatoms. The Morgan fingerprint density at radius 2 is 2.13 bits per heavy atom. The minimum absolute atomic E-state index is 0.140. The molecule has 0 amide bonds. The van der Waals surface area contributed by atoms with Crippen LogP contribution in [0.2, 0.25) is 0 Å². The highest BCUT2D eigenvalue weighted by Gasteiger charge is 2.19. The van der Waals surface area contributed by atoms with Gasteiger partial charge in [-0.1, -0.05) is 39.0 Å². The number of hydrogen-bond donors (Lipinski definition) is 1. The van der Waals surface area contributed by atoms with Crippen LogP contribution in [0, 0.1) is 5.92 Å². The minimum Gasteiger partial charge on any atom is -0.414 e. The molecular formula is C10H19N3OS. The third kappa shape index (κ3) is 3.50. The van der Waals surface area contributed by atoms with Crippen molar-refractivity contribution in [1.82, 2.24) is 10.2 Å². The summed E-state index contributed by atoms with van der Waals surface area (Å²) < 4.78 is 5.49. The summed E-state index contributed by atoms with van der Waals surface area (Å²) in [6, 6.07) is -0.140. The van der Waals surface area contributed by atoms with E-state index in [0.717, 1.165) is 18.6 Å². The second-order valence-corrected chi connectivity index (χ2v) is 4.71. The molecule has 1 aromatic heterocycles. The van der Waals surface area contributed by atoms with Gasteiger partial charge >= 0.3 is 0 Å². The van der Waals surface area contributed by atoms with Crippen molar-refractivity contribution in [1.29, 1.82) is 0 Å². The van der Waals surface area contributed by atoms with Crippen LogP contribution in [0.4, 0.5) is 0 Å².